The zero-order valence-corrected chi connectivity index (χ0v) is 14.7. The van der Waals surface area contributed by atoms with Crippen LogP contribution in [0.1, 0.15) is 43.9 Å². The molecule has 1 aromatic heterocycles. The summed E-state index contributed by atoms with van der Waals surface area (Å²) < 4.78 is 5.59. The van der Waals surface area contributed by atoms with Gasteiger partial charge in [0.25, 0.3) is 0 Å². The Morgan fingerprint density at radius 2 is 1.96 bits per heavy atom. The van der Waals surface area contributed by atoms with Gasteiger partial charge in [-0.2, -0.15) is 0 Å². The molecule has 3 N–H and O–H groups in total. The Balaban J connectivity index is 1.49. The van der Waals surface area contributed by atoms with Gasteiger partial charge in [0, 0.05) is 26.1 Å². The summed E-state index contributed by atoms with van der Waals surface area (Å²) in [6.07, 6.45) is 6.17. The van der Waals surface area contributed by atoms with Gasteiger partial charge in [-0.25, -0.2) is 4.79 Å². The molecule has 0 radical (unpaired) electrons. The zero-order valence-electron chi connectivity index (χ0n) is 14.7. The predicted octanol–water partition coefficient (Wildman–Crippen LogP) is 1.71. The first-order chi connectivity index (χ1) is 12.1. The van der Waals surface area contributed by atoms with E-state index in [1.807, 2.05) is 17.0 Å². The number of furan rings is 1. The third kappa shape index (κ3) is 4.75. The fraction of sp³-hybridized carbons (Fsp3) is 0.667. The summed E-state index contributed by atoms with van der Waals surface area (Å²) in [5.41, 5.74) is 5.26. The van der Waals surface area contributed by atoms with Gasteiger partial charge in [-0.05, 0) is 56.8 Å². The van der Waals surface area contributed by atoms with Gasteiger partial charge < -0.3 is 20.4 Å². The average Bonchev–Trinajstić information content (AvgIpc) is 3.29. The van der Waals surface area contributed by atoms with Crippen LogP contribution in [0.2, 0.25) is 0 Å². The lowest BCUT2D eigenvalue weighted by Crippen LogP contribution is -2.47. The maximum atomic E-state index is 12.5. The first-order valence-corrected chi connectivity index (χ1v) is 9.22. The lowest BCUT2D eigenvalue weighted by molar-refractivity contribution is -0.119. The number of hydrogen-bond donors (Lipinski definition) is 2. The Morgan fingerprint density at radius 3 is 2.56 bits per heavy atom. The van der Waals surface area contributed by atoms with Gasteiger partial charge in [0.05, 0.1) is 12.3 Å². The van der Waals surface area contributed by atoms with Crippen LogP contribution in [0.4, 0.5) is 4.79 Å². The number of hydrogen-bond acceptors (Lipinski definition) is 4. The van der Waals surface area contributed by atoms with Crippen molar-refractivity contribution >= 4 is 11.9 Å². The van der Waals surface area contributed by atoms with Crippen LogP contribution in [0, 0.1) is 5.92 Å². The molecule has 7 heteroatoms. The van der Waals surface area contributed by atoms with Gasteiger partial charge in [-0.15, -0.1) is 0 Å². The van der Waals surface area contributed by atoms with Crippen LogP contribution < -0.4 is 11.1 Å². The Hall–Kier alpha value is -2.02. The highest BCUT2D eigenvalue weighted by Gasteiger charge is 2.28. The highest BCUT2D eigenvalue weighted by Crippen LogP contribution is 2.25. The number of primary amides is 1. The van der Waals surface area contributed by atoms with Crippen LogP contribution in [0.3, 0.4) is 0 Å². The monoisotopic (exact) mass is 348 g/mol. The number of amides is 3. The summed E-state index contributed by atoms with van der Waals surface area (Å²) in [4.78, 5) is 27.7. The molecule has 25 heavy (non-hydrogen) atoms. The molecule has 1 aromatic rings. The van der Waals surface area contributed by atoms with Crippen LogP contribution in [-0.4, -0.2) is 54.5 Å². The largest absolute Gasteiger partial charge is 0.468 e. The molecule has 1 atom stereocenters. The lowest BCUT2D eigenvalue weighted by Gasteiger charge is -2.32. The first-order valence-electron chi connectivity index (χ1n) is 9.22. The van der Waals surface area contributed by atoms with E-state index in [-0.39, 0.29) is 18.0 Å². The molecule has 2 fully saturated rings. The van der Waals surface area contributed by atoms with Crippen LogP contribution in [-0.2, 0) is 4.79 Å². The molecule has 138 valence electrons. The molecule has 0 unspecified atom stereocenters. The Kier molecular flexibility index (Phi) is 5.96. The van der Waals surface area contributed by atoms with Crippen molar-refractivity contribution in [2.75, 3.05) is 32.7 Å². The number of piperidine rings is 1. The van der Waals surface area contributed by atoms with Crippen molar-refractivity contribution in [3.05, 3.63) is 24.2 Å². The Labute approximate surface area is 148 Å². The molecule has 0 aliphatic carbocycles. The molecule has 0 spiro atoms. The highest BCUT2D eigenvalue weighted by atomic mass is 16.3. The van der Waals surface area contributed by atoms with Crippen molar-refractivity contribution in [3.63, 3.8) is 0 Å². The van der Waals surface area contributed by atoms with Crippen LogP contribution in [0.15, 0.2) is 22.8 Å². The van der Waals surface area contributed by atoms with Gasteiger partial charge in [0.2, 0.25) is 5.91 Å². The third-order valence-electron chi connectivity index (χ3n) is 5.29. The van der Waals surface area contributed by atoms with Crippen molar-refractivity contribution in [1.82, 2.24) is 15.1 Å². The quantitative estimate of drug-likeness (QED) is 0.819. The molecule has 0 aromatic carbocycles. The molecule has 3 amide bonds. The topological polar surface area (TPSA) is 91.8 Å². The van der Waals surface area contributed by atoms with Crippen LogP contribution in [0.25, 0.3) is 0 Å². The maximum Gasteiger partial charge on any atom is 0.317 e. The van der Waals surface area contributed by atoms with E-state index in [0.717, 1.165) is 31.7 Å². The van der Waals surface area contributed by atoms with Crippen molar-refractivity contribution in [2.24, 2.45) is 11.7 Å². The minimum absolute atomic E-state index is 0.0340. The number of urea groups is 1. The van der Waals surface area contributed by atoms with E-state index in [1.54, 1.807) is 6.26 Å². The standard InChI is InChI=1S/C18H28N4O3/c19-17(23)12-14-5-9-22(10-6-14)18(24)20-13-15(16-4-3-11-25-16)21-7-1-2-8-21/h3-4,11,14-15H,1-2,5-10,12-13H2,(H2,19,23)(H,20,24)/t15-/m1/s1. The maximum absolute atomic E-state index is 12.5. The molecule has 2 aliphatic rings. The predicted molar refractivity (Wildman–Crippen MR) is 93.8 cm³/mol. The minimum atomic E-state index is -0.255. The van der Waals surface area contributed by atoms with E-state index < -0.39 is 0 Å². The SMILES string of the molecule is NC(=O)CC1CCN(C(=O)NC[C@H](c2ccco2)N2CCCC2)CC1. The smallest absolute Gasteiger partial charge is 0.317 e. The third-order valence-corrected chi connectivity index (χ3v) is 5.29. The second-order valence-electron chi connectivity index (χ2n) is 7.06. The molecule has 0 bridgehead atoms. The number of carbonyl (C=O) groups is 2. The Morgan fingerprint density at radius 1 is 1.24 bits per heavy atom. The summed E-state index contributed by atoms with van der Waals surface area (Å²) >= 11 is 0. The minimum Gasteiger partial charge on any atom is -0.468 e. The van der Waals surface area contributed by atoms with E-state index in [4.69, 9.17) is 10.2 Å². The number of nitrogens with zero attached hydrogens (tertiary/aromatic N) is 2. The fourth-order valence-electron chi connectivity index (χ4n) is 3.86. The van der Waals surface area contributed by atoms with Crippen molar-refractivity contribution in [3.8, 4) is 0 Å². The van der Waals surface area contributed by atoms with Crippen molar-refractivity contribution in [1.29, 1.82) is 0 Å². The second-order valence-corrected chi connectivity index (χ2v) is 7.06. The summed E-state index contributed by atoms with van der Waals surface area (Å²) in [6, 6.07) is 3.93. The first kappa shape index (κ1) is 17.8. The number of likely N-dealkylation sites (tertiary alicyclic amines) is 2. The average molecular weight is 348 g/mol. The van der Waals surface area contributed by atoms with E-state index in [1.165, 1.54) is 12.8 Å². The van der Waals surface area contributed by atoms with E-state index >= 15 is 0 Å². The molecule has 3 rings (SSSR count). The van der Waals surface area contributed by atoms with Gasteiger partial charge in [-0.3, -0.25) is 9.69 Å². The van der Waals surface area contributed by atoms with Gasteiger partial charge in [0.1, 0.15) is 5.76 Å². The summed E-state index contributed by atoms with van der Waals surface area (Å²) in [5, 5.41) is 3.07. The normalized spacial score (nSPS) is 20.6. The summed E-state index contributed by atoms with van der Waals surface area (Å²) in [5.74, 6) is 0.958. The molecule has 0 saturated carbocycles. The van der Waals surface area contributed by atoms with Gasteiger partial charge >= 0.3 is 6.03 Å². The summed E-state index contributed by atoms with van der Waals surface area (Å²) in [7, 11) is 0. The van der Waals surface area contributed by atoms with Crippen LogP contribution in [0.5, 0.6) is 0 Å². The molecular formula is C18H28N4O3. The van der Waals surface area contributed by atoms with E-state index in [0.29, 0.717) is 32.0 Å². The number of nitrogens with one attached hydrogen (secondary N) is 1. The highest BCUT2D eigenvalue weighted by molar-refractivity contribution is 5.75. The Bertz CT molecular complexity index is 561. The van der Waals surface area contributed by atoms with Crippen molar-refractivity contribution in [2.45, 2.75) is 38.1 Å². The summed E-state index contributed by atoms with van der Waals surface area (Å²) in [6.45, 7) is 3.99. The van der Waals surface area contributed by atoms with Crippen molar-refractivity contribution < 1.29 is 14.0 Å². The molecule has 3 heterocycles. The van der Waals surface area contributed by atoms with E-state index in [9.17, 15) is 9.59 Å². The van der Waals surface area contributed by atoms with Gasteiger partial charge in [0.15, 0.2) is 0 Å². The molecule has 2 saturated heterocycles. The van der Waals surface area contributed by atoms with E-state index in [2.05, 4.69) is 10.2 Å². The molecular weight excluding hydrogens is 320 g/mol. The lowest BCUT2D eigenvalue weighted by atomic mass is 9.93. The zero-order chi connectivity index (χ0) is 17.6. The fourth-order valence-corrected chi connectivity index (χ4v) is 3.86. The van der Waals surface area contributed by atoms with Crippen LogP contribution >= 0.6 is 0 Å². The second kappa shape index (κ2) is 8.38. The number of carbonyl (C=O) groups excluding carboxylic acids is 2. The molecule has 2 aliphatic heterocycles. The van der Waals surface area contributed by atoms with Gasteiger partial charge in [-0.1, -0.05) is 0 Å². The molecule has 7 nitrogen and oxygen atoms in total. The number of nitrogens with two attached hydrogens (primary N) is 1. The number of rotatable bonds is 6.